The summed E-state index contributed by atoms with van der Waals surface area (Å²) in [5.41, 5.74) is 3.33. The molecule has 2 aromatic heterocycles. The second-order valence-electron chi connectivity index (χ2n) is 4.91. The summed E-state index contributed by atoms with van der Waals surface area (Å²) in [6.45, 7) is 0. The van der Waals surface area contributed by atoms with Gasteiger partial charge in [0.2, 0.25) is 0 Å². The Balaban J connectivity index is 1.73. The van der Waals surface area contributed by atoms with E-state index in [9.17, 15) is 0 Å². The summed E-state index contributed by atoms with van der Waals surface area (Å²) in [5, 5.41) is 3.32. The van der Waals surface area contributed by atoms with Crippen LogP contribution in [0.2, 0.25) is 0 Å². The third-order valence-electron chi connectivity index (χ3n) is 3.61. The molecule has 0 amide bonds. The van der Waals surface area contributed by atoms with Crippen LogP contribution in [0, 0.1) is 0 Å². The number of nitrogens with zero attached hydrogens (tertiary/aromatic N) is 1. The summed E-state index contributed by atoms with van der Waals surface area (Å²) in [6.07, 6.45) is 6.72. The fourth-order valence-electron chi connectivity index (χ4n) is 2.57. The SMILES string of the molecule is C1=CC(c2cccs2)C=C1c1ccc2ccccc2n1. The molecular weight excluding hydrogens is 262 g/mol. The van der Waals surface area contributed by atoms with E-state index in [4.69, 9.17) is 4.98 Å². The van der Waals surface area contributed by atoms with Gasteiger partial charge < -0.3 is 0 Å². The van der Waals surface area contributed by atoms with E-state index in [1.54, 1.807) is 11.3 Å². The number of aromatic nitrogens is 1. The van der Waals surface area contributed by atoms with Gasteiger partial charge >= 0.3 is 0 Å². The number of hydrogen-bond donors (Lipinski definition) is 0. The minimum absolute atomic E-state index is 0.401. The van der Waals surface area contributed by atoms with Gasteiger partial charge in [0.05, 0.1) is 11.2 Å². The summed E-state index contributed by atoms with van der Waals surface area (Å²) in [4.78, 5) is 6.14. The quantitative estimate of drug-likeness (QED) is 0.639. The molecule has 0 spiro atoms. The molecular formula is C18H13NS. The van der Waals surface area contributed by atoms with E-state index in [1.165, 1.54) is 15.8 Å². The molecule has 0 bridgehead atoms. The first-order valence-electron chi connectivity index (χ1n) is 6.70. The molecule has 1 atom stereocenters. The number of pyridine rings is 1. The maximum Gasteiger partial charge on any atom is 0.0709 e. The average Bonchev–Trinajstić information content (AvgIpc) is 3.17. The fourth-order valence-corrected chi connectivity index (χ4v) is 3.34. The second kappa shape index (κ2) is 4.73. The smallest absolute Gasteiger partial charge is 0.0709 e. The zero-order chi connectivity index (χ0) is 13.4. The van der Waals surface area contributed by atoms with Gasteiger partial charge in [-0.15, -0.1) is 11.3 Å². The highest BCUT2D eigenvalue weighted by atomic mass is 32.1. The van der Waals surface area contributed by atoms with Crippen LogP contribution in [0.25, 0.3) is 16.5 Å². The lowest BCUT2D eigenvalue weighted by molar-refractivity contribution is 1.15. The van der Waals surface area contributed by atoms with Gasteiger partial charge in [-0.1, -0.05) is 48.6 Å². The third-order valence-corrected chi connectivity index (χ3v) is 4.58. The molecule has 0 N–H and O–H groups in total. The van der Waals surface area contributed by atoms with E-state index in [2.05, 4.69) is 60.0 Å². The van der Waals surface area contributed by atoms with Crippen LogP contribution in [-0.4, -0.2) is 4.98 Å². The molecule has 0 saturated carbocycles. The minimum atomic E-state index is 0.401. The molecule has 1 unspecified atom stereocenters. The van der Waals surface area contributed by atoms with Crippen LogP contribution in [0.3, 0.4) is 0 Å². The van der Waals surface area contributed by atoms with Crippen molar-refractivity contribution in [2.45, 2.75) is 5.92 Å². The zero-order valence-corrected chi connectivity index (χ0v) is 11.7. The fraction of sp³-hybridized carbons (Fsp3) is 0.0556. The topological polar surface area (TPSA) is 12.9 Å². The molecule has 1 nitrogen and oxygen atoms in total. The van der Waals surface area contributed by atoms with Crippen LogP contribution < -0.4 is 0 Å². The molecule has 1 aliphatic rings. The highest BCUT2D eigenvalue weighted by Crippen LogP contribution is 2.33. The zero-order valence-electron chi connectivity index (χ0n) is 10.9. The molecule has 0 saturated heterocycles. The summed E-state index contributed by atoms with van der Waals surface area (Å²) in [7, 11) is 0. The lowest BCUT2D eigenvalue weighted by Gasteiger charge is -2.03. The van der Waals surface area contributed by atoms with Gasteiger partial charge in [-0.2, -0.15) is 0 Å². The minimum Gasteiger partial charge on any atom is -0.248 e. The maximum absolute atomic E-state index is 4.76. The number of rotatable bonds is 2. The first-order chi connectivity index (χ1) is 9.90. The Morgan fingerprint density at radius 1 is 0.950 bits per heavy atom. The van der Waals surface area contributed by atoms with Crippen LogP contribution in [0.5, 0.6) is 0 Å². The first kappa shape index (κ1) is 11.6. The Hall–Kier alpha value is -2.19. The van der Waals surface area contributed by atoms with E-state index < -0.39 is 0 Å². The van der Waals surface area contributed by atoms with Gasteiger partial charge in [-0.3, -0.25) is 0 Å². The molecule has 2 heteroatoms. The normalized spacial score (nSPS) is 17.6. The number of benzene rings is 1. The molecule has 20 heavy (non-hydrogen) atoms. The monoisotopic (exact) mass is 275 g/mol. The van der Waals surface area contributed by atoms with Gasteiger partial charge in [0.25, 0.3) is 0 Å². The number of para-hydroxylation sites is 1. The van der Waals surface area contributed by atoms with Crippen LogP contribution in [0.4, 0.5) is 0 Å². The Morgan fingerprint density at radius 3 is 2.80 bits per heavy atom. The first-order valence-corrected chi connectivity index (χ1v) is 7.58. The number of fused-ring (bicyclic) bond motifs is 1. The molecule has 1 aromatic carbocycles. The van der Waals surface area contributed by atoms with Crippen molar-refractivity contribution in [1.29, 1.82) is 0 Å². The number of allylic oxidation sites excluding steroid dienone is 4. The van der Waals surface area contributed by atoms with E-state index in [0.29, 0.717) is 5.92 Å². The van der Waals surface area contributed by atoms with E-state index in [-0.39, 0.29) is 0 Å². The van der Waals surface area contributed by atoms with Crippen molar-refractivity contribution in [3.05, 3.63) is 82.7 Å². The second-order valence-corrected chi connectivity index (χ2v) is 5.89. The highest BCUT2D eigenvalue weighted by molar-refractivity contribution is 7.10. The molecule has 96 valence electrons. The molecule has 0 aliphatic heterocycles. The summed E-state index contributed by atoms with van der Waals surface area (Å²) in [5.74, 6) is 0.401. The van der Waals surface area contributed by atoms with Gasteiger partial charge in [-0.05, 0) is 29.2 Å². The largest absolute Gasteiger partial charge is 0.248 e. The predicted molar refractivity (Wildman–Crippen MR) is 85.9 cm³/mol. The number of thiophene rings is 1. The number of hydrogen-bond acceptors (Lipinski definition) is 2. The van der Waals surface area contributed by atoms with Crippen molar-refractivity contribution in [2.75, 3.05) is 0 Å². The summed E-state index contributed by atoms with van der Waals surface area (Å²) < 4.78 is 0. The van der Waals surface area contributed by atoms with Gasteiger partial charge in [-0.25, -0.2) is 4.98 Å². The van der Waals surface area contributed by atoms with Gasteiger partial charge in [0.15, 0.2) is 0 Å². The van der Waals surface area contributed by atoms with E-state index >= 15 is 0 Å². The maximum atomic E-state index is 4.76. The Morgan fingerprint density at radius 2 is 1.90 bits per heavy atom. The summed E-state index contributed by atoms with van der Waals surface area (Å²) in [6, 6.07) is 16.8. The van der Waals surface area contributed by atoms with Gasteiger partial charge in [0.1, 0.15) is 0 Å². The molecule has 0 radical (unpaired) electrons. The standard InChI is InChI=1S/C18H13NS/c1-2-5-16-13(4-1)9-10-17(19-16)14-7-8-15(12-14)18-6-3-11-20-18/h1-12,15H. The van der Waals surface area contributed by atoms with Crippen LogP contribution >= 0.6 is 11.3 Å². The predicted octanol–water partition coefficient (Wildman–Crippen LogP) is 5.03. The molecule has 3 aromatic rings. The Labute approximate surface area is 121 Å². The van der Waals surface area contributed by atoms with E-state index in [0.717, 1.165) is 11.2 Å². The Kier molecular flexibility index (Phi) is 2.75. The van der Waals surface area contributed by atoms with Crippen molar-refractivity contribution < 1.29 is 0 Å². The van der Waals surface area contributed by atoms with Crippen molar-refractivity contribution in [3.63, 3.8) is 0 Å². The third kappa shape index (κ3) is 1.98. The molecule has 2 heterocycles. The van der Waals surface area contributed by atoms with Crippen LogP contribution in [0.15, 0.2) is 72.1 Å². The molecule has 1 aliphatic carbocycles. The molecule has 0 fully saturated rings. The van der Waals surface area contributed by atoms with Crippen molar-refractivity contribution in [1.82, 2.24) is 4.98 Å². The lowest BCUT2D eigenvalue weighted by atomic mass is 10.1. The van der Waals surface area contributed by atoms with E-state index in [1.807, 2.05) is 12.1 Å². The van der Waals surface area contributed by atoms with Crippen LogP contribution in [-0.2, 0) is 0 Å². The van der Waals surface area contributed by atoms with Crippen molar-refractivity contribution in [3.8, 4) is 0 Å². The highest BCUT2D eigenvalue weighted by Gasteiger charge is 2.14. The average molecular weight is 275 g/mol. The summed E-state index contributed by atoms with van der Waals surface area (Å²) >= 11 is 1.80. The Bertz CT molecular complexity index is 812. The van der Waals surface area contributed by atoms with Crippen molar-refractivity contribution in [2.24, 2.45) is 0 Å². The van der Waals surface area contributed by atoms with Crippen LogP contribution in [0.1, 0.15) is 16.5 Å². The van der Waals surface area contributed by atoms with Gasteiger partial charge in [0, 0.05) is 16.2 Å². The lowest BCUT2D eigenvalue weighted by Crippen LogP contribution is -1.87. The molecule has 4 rings (SSSR count). The van der Waals surface area contributed by atoms with Crippen molar-refractivity contribution >= 4 is 27.8 Å².